The molecule has 0 aromatic heterocycles. The number of carbonyl (C=O) groups excluding carboxylic acids is 3. The zero-order valence-electron chi connectivity index (χ0n) is 16.3. The van der Waals surface area contributed by atoms with Gasteiger partial charge >= 0.3 is 6.61 Å². The average Bonchev–Trinajstić information content (AvgIpc) is 3.23. The summed E-state index contributed by atoms with van der Waals surface area (Å²) in [6, 6.07) is 3.85. The highest BCUT2D eigenvalue weighted by Crippen LogP contribution is 2.28. The number of ether oxygens (including phenoxy) is 2. The Morgan fingerprint density at radius 2 is 1.97 bits per heavy atom. The van der Waals surface area contributed by atoms with Crippen molar-refractivity contribution in [3.8, 4) is 5.75 Å². The number of likely N-dealkylation sites (tertiary alicyclic amines) is 1. The number of alkyl halides is 2. The highest BCUT2D eigenvalue weighted by atomic mass is 19.3. The van der Waals surface area contributed by atoms with Gasteiger partial charge in [0.1, 0.15) is 24.4 Å². The third-order valence-corrected chi connectivity index (χ3v) is 5.05. The van der Waals surface area contributed by atoms with Crippen LogP contribution in [0.25, 0.3) is 0 Å². The summed E-state index contributed by atoms with van der Waals surface area (Å²) in [6.45, 7) is 1.32. The number of rotatable bonds is 7. The van der Waals surface area contributed by atoms with Gasteiger partial charge in [0.2, 0.25) is 5.91 Å². The van der Waals surface area contributed by atoms with E-state index in [1.54, 1.807) is 0 Å². The smallest absolute Gasteiger partial charge is 0.387 e. The van der Waals surface area contributed by atoms with Crippen LogP contribution in [0.4, 0.5) is 8.78 Å². The molecule has 9 heteroatoms. The standard InChI is InChI=1S/C20H24F2N2O5/c1-11(2)9-14(19(27)24-8-7-16-17(24)15(25)10-28-16)23-18(26)12-3-5-13(6-4-12)29-20(21)22/h3-6,11,14,16-17,20H,7-10H2,1-2H3,(H,23,26). The van der Waals surface area contributed by atoms with Gasteiger partial charge in [0.05, 0.1) is 6.10 Å². The highest BCUT2D eigenvalue weighted by Gasteiger charge is 2.48. The summed E-state index contributed by atoms with van der Waals surface area (Å²) in [4.78, 5) is 39.3. The summed E-state index contributed by atoms with van der Waals surface area (Å²) in [5.41, 5.74) is 0.216. The van der Waals surface area contributed by atoms with Crippen molar-refractivity contribution < 1.29 is 32.6 Å². The molecule has 0 saturated carbocycles. The van der Waals surface area contributed by atoms with Gasteiger partial charge in [-0.3, -0.25) is 14.4 Å². The fraction of sp³-hybridized carbons (Fsp3) is 0.550. The molecule has 0 bridgehead atoms. The summed E-state index contributed by atoms with van der Waals surface area (Å²) in [5, 5.41) is 2.73. The van der Waals surface area contributed by atoms with Crippen LogP contribution in [0.1, 0.15) is 37.0 Å². The Kier molecular flexibility index (Phi) is 6.46. The van der Waals surface area contributed by atoms with E-state index in [0.717, 1.165) is 0 Å². The number of ketones is 1. The second-order valence-electron chi connectivity index (χ2n) is 7.64. The van der Waals surface area contributed by atoms with Crippen molar-refractivity contribution in [1.82, 2.24) is 10.2 Å². The summed E-state index contributed by atoms with van der Waals surface area (Å²) in [6.07, 6.45) is 0.722. The molecule has 2 saturated heterocycles. The van der Waals surface area contributed by atoms with E-state index >= 15 is 0 Å². The molecule has 7 nitrogen and oxygen atoms in total. The molecule has 158 valence electrons. The number of Topliss-reactive ketones (excluding diaryl/α,β-unsaturated/α-hetero) is 1. The van der Waals surface area contributed by atoms with E-state index < -0.39 is 24.6 Å². The van der Waals surface area contributed by atoms with E-state index in [-0.39, 0.29) is 41.6 Å². The van der Waals surface area contributed by atoms with Gasteiger partial charge in [-0.15, -0.1) is 0 Å². The van der Waals surface area contributed by atoms with Gasteiger partial charge in [0, 0.05) is 12.1 Å². The molecule has 2 aliphatic heterocycles. The van der Waals surface area contributed by atoms with Crippen LogP contribution in [0.3, 0.4) is 0 Å². The van der Waals surface area contributed by atoms with Crippen LogP contribution in [-0.2, 0) is 14.3 Å². The summed E-state index contributed by atoms with van der Waals surface area (Å²) >= 11 is 0. The molecule has 3 atom stereocenters. The van der Waals surface area contributed by atoms with Crippen molar-refractivity contribution in [1.29, 1.82) is 0 Å². The fourth-order valence-electron chi connectivity index (χ4n) is 3.76. The molecule has 3 unspecified atom stereocenters. The molecule has 2 amide bonds. The molecule has 2 aliphatic rings. The van der Waals surface area contributed by atoms with Crippen molar-refractivity contribution in [2.24, 2.45) is 5.92 Å². The Morgan fingerprint density at radius 1 is 1.28 bits per heavy atom. The fourth-order valence-corrected chi connectivity index (χ4v) is 3.76. The van der Waals surface area contributed by atoms with Crippen molar-refractivity contribution in [2.75, 3.05) is 13.2 Å². The number of halogens is 2. The molecular formula is C20H24F2N2O5. The summed E-state index contributed by atoms with van der Waals surface area (Å²) in [7, 11) is 0. The minimum Gasteiger partial charge on any atom is -0.435 e. The lowest BCUT2D eigenvalue weighted by Crippen LogP contribution is -2.52. The first kappa shape index (κ1) is 21.2. The van der Waals surface area contributed by atoms with Gasteiger partial charge in [-0.05, 0) is 43.0 Å². The van der Waals surface area contributed by atoms with Crippen LogP contribution >= 0.6 is 0 Å². The predicted octanol–water partition coefficient (Wildman–Crippen LogP) is 2.00. The number of hydrogen-bond donors (Lipinski definition) is 1. The molecule has 1 aromatic carbocycles. The number of carbonyl (C=O) groups is 3. The maximum absolute atomic E-state index is 13.1. The van der Waals surface area contributed by atoms with E-state index in [1.807, 2.05) is 13.8 Å². The normalized spacial score (nSPS) is 22.1. The lowest BCUT2D eigenvalue weighted by Gasteiger charge is -2.28. The molecule has 2 heterocycles. The van der Waals surface area contributed by atoms with Crippen LogP contribution < -0.4 is 10.1 Å². The highest BCUT2D eigenvalue weighted by molar-refractivity contribution is 5.99. The molecule has 1 aromatic rings. The van der Waals surface area contributed by atoms with E-state index in [0.29, 0.717) is 19.4 Å². The summed E-state index contributed by atoms with van der Waals surface area (Å²) < 4.78 is 34.2. The Morgan fingerprint density at radius 3 is 2.59 bits per heavy atom. The van der Waals surface area contributed by atoms with Crippen molar-refractivity contribution in [3.63, 3.8) is 0 Å². The molecule has 0 radical (unpaired) electrons. The zero-order chi connectivity index (χ0) is 21.1. The Balaban J connectivity index is 1.70. The molecule has 29 heavy (non-hydrogen) atoms. The van der Waals surface area contributed by atoms with Crippen LogP contribution in [0.5, 0.6) is 5.75 Å². The second kappa shape index (κ2) is 8.86. The number of fused-ring (bicyclic) bond motifs is 1. The minimum absolute atomic E-state index is 0.00730. The molecule has 3 rings (SSSR count). The Hall–Kier alpha value is -2.55. The Labute approximate surface area is 167 Å². The largest absolute Gasteiger partial charge is 0.435 e. The second-order valence-corrected chi connectivity index (χ2v) is 7.64. The summed E-state index contributed by atoms with van der Waals surface area (Å²) in [5.74, 6) is -0.868. The first-order chi connectivity index (χ1) is 13.8. The number of hydrogen-bond acceptors (Lipinski definition) is 5. The number of amides is 2. The number of benzene rings is 1. The van der Waals surface area contributed by atoms with Crippen LogP contribution in [-0.4, -0.2) is 60.4 Å². The minimum atomic E-state index is -2.95. The molecule has 1 N–H and O–H groups in total. The SMILES string of the molecule is CC(C)CC(NC(=O)c1ccc(OC(F)F)cc1)C(=O)N1CCC2OCC(=O)C21. The molecular weight excluding hydrogens is 386 g/mol. The number of nitrogens with one attached hydrogen (secondary N) is 1. The predicted molar refractivity (Wildman–Crippen MR) is 98.6 cm³/mol. The third-order valence-electron chi connectivity index (χ3n) is 5.05. The molecule has 0 aliphatic carbocycles. The van der Waals surface area contributed by atoms with Gasteiger partial charge in [-0.1, -0.05) is 13.8 Å². The van der Waals surface area contributed by atoms with Crippen LogP contribution in [0.2, 0.25) is 0 Å². The monoisotopic (exact) mass is 410 g/mol. The van der Waals surface area contributed by atoms with Crippen LogP contribution in [0.15, 0.2) is 24.3 Å². The van der Waals surface area contributed by atoms with Gasteiger partial charge in [-0.25, -0.2) is 0 Å². The van der Waals surface area contributed by atoms with E-state index in [1.165, 1.54) is 29.2 Å². The van der Waals surface area contributed by atoms with E-state index in [9.17, 15) is 23.2 Å². The van der Waals surface area contributed by atoms with Gasteiger partial charge in [0.15, 0.2) is 5.78 Å². The van der Waals surface area contributed by atoms with Gasteiger partial charge in [0.25, 0.3) is 5.91 Å². The number of nitrogens with zero attached hydrogens (tertiary/aromatic N) is 1. The first-order valence-corrected chi connectivity index (χ1v) is 9.56. The quantitative estimate of drug-likeness (QED) is 0.743. The zero-order valence-corrected chi connectivity index (χ0v) is 16.3. The lowest BCUT2D eigenvalue weighted by molar-refractivity contribution is -0.138. The third kappa shape index (κ3) is 4.90. The lowest BCUT2D eigenvalue weighted by atomic mass is 10.0. The van der Waals surface area contributed by atoms with Crippen molar-refractivity contribution in [3.05, 3.63) is 29.8 Å². The topological polar surface area (TPSA) is 84.9 Å². The maximum Gasteiger partial charge on any atom is 0.387 e. The molecule has 2 fully saturated rings. The first-order valence-electron chi connectivity index (χ1n) is 9.56. The Bertz CT molecular complexity index is 769. The van der Waals surface area contributed by atoms with Crippen molar-refractivity contribution >= 4 is 17.6 Å². The average molecular weight is 410 g/mol. The van der Waals surface area contributed by atoms with E-state index in [2.05, 4.69) is 10.1 Å². The van der Waals surface area contributed by atoms with Crippen LogP contribution in [0, 0.1) is 5.92 Å². The molecule has 0 spiro atoms. The van der Waals surface area contributed by atoms with E-state index in [4.69, 9.17) is 4.74 Å². The maximum atomic E-state index is 13.1. The van der Waals surface area contributed by atoms with Gasteiger partial charge in [-0.2, -0.15) is 8.78 Å². The van der Waals surface area contributed by atoms with Crippen molar-refractivity contribution in [2.45, 2.75) is 51.5 Å². The van der Waals surface area contributed by atoms with Gasteiger partial charge < -0.3 is 19.7 Å².